The lowest BCUT2D eigenvalue weighted by molar-refractivity contribution is -0.133. The lowest BCUT2D eigenvalue weighted by Crippen LogP contribution is -2.40. The third-order valence-electron chi connectivity index (χ3n) is 3.08. The number of rotatable bonds is 9. The molecule has 1 atom stereocenters. The first-order chi connectivity index (χ1) is 7.71. The van der Waals surface area contributed by atoms with Crippen LogP contribution in [-0.4, -0.2) is 23.4 Å². The van der Waals surface area contributed by atoms with Crippen LogP contribution in [0.25, 0.3) is 0 Å². The molecule has 0 radical (unpaired) electrons. The fraction of sp³-hybridized carbons (Fsp3) is 0.929. The molecule has 2 nitrogen and oxygen atoms in total. The van der Waals surface area contributed by atoms with Gasteiger partial charge in [0.25, 0.3) is 0 Å². The highest BCUT2D eigenvalue weighted by atomic mass is 16.2. The summed E-state index contributed by atoms with van der Waals surface area (Å²) in [7, 11) is 0. The largest absolute Gasteiger partial charge is 0.340 e. The molecule has 0 heterocycles. The first kappa shape index (κ1) is 15.5. The maximum absolute atomic E-state index is 12.0. The van der Waals surface area contributed by atoms with Crippen molar-refractivity contribution in [3.8, 4) is 0 Å². The summed E-state index contributed by atoms with van der Waals surface area (Å²) in [6.45, 7) is 9.46. The number of amides is 1. The van der Waals surface area contributed by atoms with Crippen LogP contribution in [-0.2, 0) is 4.79 Å². The fourth-order valence-corrected chi connectivity index (χ4v) is 2.22. The Balaban J connectivity index is 4.36. The SMILES string of the molecule is CCCCC(CCC)N(CC)C(=O)CCC. The van der Waals surface area contributed by atoms with Crippen molar-refractivity contribution in [2.45, 2.75) is 78.7 Å². The van der Waals surface area contributed by atoms with E-state index in [1.165, 1.54) is 25.7 Å². The van der Waals surface area contributed by atoms with Crippen LogP contribution in [0, 0.1) is 0 Å². The Morgan fingerprint density at radius 3 is 2.12 bits per heavy atom. The summed E-state index contributed by atoms with van der Waals surface area (Å²) in [6.07, 6.45) is 7.63. The van der Waals surface area contributed by atoms with Gasteiger partial charge in [0.05, 0.1) is 0 Å². The number of nitrogens with zero attached hydrogens (tertiary/aromatic N) is 1. The summed E-state index contributed by atoms with van der Waals surface area (Å²) in [5.74, 6) is 0.347. The minimum absolute atomic E-state index is 0.347. The monoisotopic (exact) mass is 227 g/mol. The van der Waals surface area contributed by atoms with Gasteiger partial charge in [0, 0.05) is 19.0 Å². The molecule has 0 aliphatic heterocycles. The molecule has 0 aromatic heterocycles. The molecule has 96 valence electrons. The van der Waals surface area contributed by atoms with Crippen molar-refractivity contribution in [2.24, 2.45) is 0 Å². The van der Waals surface area contributed by atoms with Gasteiger partial charge >= 0.3 is 0 Å². The van der Waals surface area contributed by atoms with Gasteiger partial charge in [0.2, 0.25) is 5.91 Å². The molecule has 0 fully saturated rings. The van der Waals surface area contributed by atoms with E-state index >= 15 is 0 Å². The second-order valence-corrected chi connectivity index (χ2v) is 4.51. The van der Waals surface area contributed by atoms with Crippen LogP contribution in [0.3, 0.4) is 0 Å². The Bertz CT molecular complexity index is 180. The highest BCUT2D eigenvalue weighted by Crippen LogP contribution is 2.16. The molecule has 0 saturated heterocycles. The summed E-state index contributed by atoms with van der Waals surface area (Å²) < 4.78 is 0. The molecule has 0 aliphatic rings. The third kappa shape index (κ3) is 5.53. The normalized spacial score (nSPS) is 12.5. The zero-order chi connectivity index (χ0) is 12.4. The number of hydrogen-bond donors (Lipinski definition) is 0. The van der Waals surface area contributed by atoms with Gasteiger partial charge < -0.3 is 4.90 Å². The minimum Gasteiger partial charge on any atom is -0.340 e. The van der Waals surface area contributed by atoms with E-state index in [9.17, 15) is 4.79 Å². The molecule has 0 aromatic carbocycles. The molecule has 0 spiro atoms. The van der Waals surface area contributed by atoms with Crippen LogP contribution in [0.15, 0.2) is 0 Å². The van der Waals surface area contributed by atoms with Gasteiger partial charge in [-0.2, -0.15) is 0 Å². The van der Waals surface area contributed by atoms with Crippen molar-refractivity contribution in [3.63, 3.8) is 0 Å². The molecule has 0 rings (SSSR count). The third-order valence-corrected chi connectivity index (χ3v) is 3.08. The smallest absolute Gasteiger partial charge is 0.222 e. The van der Waals surface area contributed by atoms with Crippen LogP contribution in [0.1, 0.15) is 72.6 Å². The highest BCUT2D eigenvalue weighted by molar-refractivity contribution is 5.76. The Morgan fingerprint density at radius 2 is 1.69 bits per heavy atom. The zero-order valence-corrected chi connectivity index (χ0v) is 11.6. The second kappa shape index (κ2) is 9.68. The molecule has 0 N–H and O–H groups in total. The Kier molecular flexibility index (Phi) is 9.36. The number of hydrogen-bond acceptors (Lipinski definition) is 1. The molecule has 0 bridgehead atoms. The van der Waals surface area contributed by atoms with E-state index in [1.807, 2.05) is 0 Å². The molecule has 1 unspecified atom stereocenters. The lowest BCUT2D eigenvalue weighted by Gasteiger charge is -2.31. The first-order valence-electron chi connectivity index (χ1n) is 7.00. The van der Waals surface area contributed by atoms with E-state index in [0.717, 1.165) is 19.4 Å². The van der Waals surface area contributed by atoms with Gasteiger partial charge in [-0.25, -0.2) is 0 Å². The van der Waals surface area contributed by atoms with Gasteiger partial charge in [0.15, 0.2) is 0 Å². The van der Waals surface area contributed by atoms with E-state index in [1.54, 1.807) is 0 Å². The molecule has 0 saturated carbocycles. The Labute approximate surface area is 101 Å². The molecular weight excluding hydrogens is 198 g/mol. The van der Waals surface area contributed by atoms with Crippen molar-refractivity contribution in [2.75, 3.05) is 6.54 Å². The van der Waals surface area contributed by atoms with E-state index in [2.05, 4.69) is 32.6 Å². The second-order valence-electron chi connectivity index (χ2n) is 4.51. The predicted octanol–water partition coefficient (Wildman–Crippen LogP) is 3.99. The first-order valence-corrected chi connectivity index (χ1v) is 7.00. The molecule has 2 heteroatoms. The highest BCUT2D eigenvalue weighted by Gasteiger charge is 2.19. The van der Waals surface area contributed by atoms with Crippen LogP contribution < -0.4 is 0 Å². The van der Waals surface area contributed by atoms with E-state index < -0.39 is 0 Å². The van der Waals surface area contributed by atoms with E-state index in [4.69, 9.17) is 0 Å². The average Bonchev–Trinajstić information content (AvgIpc) is 2.27. The summed E-state index contributed by atoms with van der Waals surface area (Å²) in [6, 6.07) is 0.481. The maximum Gasteiger partial charge on any atom is 0.222 e. The Hall–Kier alpha value is -0.530. The van der Waals surface area contributed by atoms with Crippen LogP contribution in [0.4, 0.5) is 0 Å². The number of carbonyl (C=O) groups is 1. The van der Waals surface area contributed by atoms with E-state index in [0.29, 0.717) is 18.4 Å². The van der Waals surface area contributed by atoms with Crippen molar-refractivity contribution in [3.05, 3.63) is 0 Å². The molecule has 16 heavy (non-hydrogen) atoms. The van der Waals surface area contributed by atoms with Crippen molar-refractivity contribution >= 4 is 5.91 Å². The quantitative estimate of drug-likeness (QED) is 0.583. The van der Waals surface area contributed by atoms with Gasteiger partial charge in [-0.05, 0) is 26.2 Å². The standard InChI is InChI=1S/C14H29NO/c1-5-9-12-13(10-6-2)15(8-4)14(16)11-7-3/h13H,5-12H2,1-4H3. The van der Waals surface area contributed by atoms with Crippen LogP contribution in [0.5, 0.6) is 0 Å². The van der Waals surface area contributed by atoms with Crippen LogP contribution in [0.2, 0.25) is 0 Å². The minimum atomic E-state index is 0.347. The Morgan fingerprint density at radius 1 is 1.00 bits per heavy atom. The van der Waals surface area contributed by atoms with Crippen molar-refractivity contribution in [1.29, 1.82) is 0 Å². The topological polar surface area (TPSA) is 20.3 Å². The van der Waals surface area contributed by atoms with Gasteiger partial charge in [-0.1, -0.05) is 40.0 Å². The van der Waals surface area contributed by atoms with Gasteiger partial charge in [-0.3, -0.25) is 4.79 Å². The molecule has 0 aliphatic carbocycles. The summed E-state index contributed by atoms with van der Waals surface area (Å²) in [5.41, 5.74) is 0. The molecule has 1 amide bonds. The summed E-state index contributed by atoms with van der Waals surface area (Å²) in [5, 5.41) is 0. The average molecular weight is 227 g/mol. The van der Waals surface area contributed by atoms with E-state index in [-0.39, 0.29) is 0 Å². The predicted molar refractivity (Wildman–Crippen MR) is 70.5 cm³/mol. The summed E-state index contributed by atoms with van der Waals surface area (Å²) >= 11 is 0. The number of unbranched alkanes of at least 4 members (excludes halogenated alkanes) is 1. The van der Waals surface area contributed by atoms with Gasteiger partial charge in [0.1, 0.15) is 0 Å². The maximum atomic E-state index is 12.0. The zero-order valence-electron chi connectivity index (χ0n) is 11.6. The fourth-order valence-electron chi connectivity index (χ4n) is 2.22. The lowest BCUT2D eigenvalue weighted by atomic mass is 10.0. The van der Waals surface area contributed by atoms with Crippen LogP contribution >= 0.6 is 0 Å². The molecule has 0 aromatic rings. The molecular formula is C14H29NO. The van der Waals surface area contributed by atoms with Gasteiger partial charge in [-0.15, -0.1) is 0 Å². The van der Waals surface area contributed by atoms with Crippen molar-refractivity contribution in [1.82, 2.24) is 4.90 Å². The number of carbonyl (C=O) groups excluding carboxylic acids is 1. The van der Waals surface area contributed by atoms with Crippen molar-refractivity contribution < 1.29 is 4.79 Å². The summed E-state index contributed by atoms with van der Waals surface area (Å²) in [4.78, 5) is 14.1.